The first-order valence-electron chi connectivity index (χ1n) is 7.05. The summed E-state index contributed by atoms with van der Waals surface area (Å²) in [6, 6.07) is 4.97. The molecule has 3 atom stereocenters. The van der Waals surface area contributed by atoms with E-state index < -0.39 is 11.9 Å². The van der Waals surface area contributed by atoms with Gasteiger partial charge in [0.15, 0.2) is 0 Å². The lowest BCUT2D eigenvalue weighted by Crippen LogP contribution is -2.40. The number of hydrogen-bond donors (Lipinski definition) is 2. The van der Waals surface area contributed by atoms with Crippen LogP contribution in [-0.2, 0) is 4.79 Å². The van der Waals surface area contributed by atoms with Gasteiger partial charge in [0.05, 0.1) is 5.92 Å². The monoisotopic (exact) mass is 308 g/mol. The van der Waals surface area contributed by atoms with Crippen LogP contribution in [0.1, 0.15) is 24.8 Å². The number of rotatable bonds is 2. The van der Waals surface area contributed by atoms with Crippen molar-refractivity contribution < 1.29 is 14.7 Å². The summed E-state index contributed by atoms with van der Waals surface area (Å²) in [7, 11) is 0. The highest BCUT2D eigenvalue weighted by atomic mass is 35.5. The van der Waals surface area contributed by atoms with Crippen LogP contribution in [0.4, 0.5) is 10.5 Å². The van der Waals surface area contributed by atoms with E-state index in [1.807, 2.05) is 13.0 Å². The predicted octanol–water partition coefficient (Wildman–Crippen LogP) is 3.12. The number of anilines is 1. The summed E-state index contributed by atoms with van der Waals surface area (Å²) in [6.45, 7) is 1.89. The zero-order chi connectivity index (χ0) is 15.1. The first-order valence-corrected chi connectivity index (χ1v) is 7.43. The molecule has 2 heterocycles. The van der Waals surface area contributed by atoms with Crippen LogP contribution in [0.2, 0.25) is 5.02 Å². The Morgan fingerprint density at radius 2 is 2.14 bits per heavy atom. The molecule has 1 aromatic rings. The summed E-state index contributed by atoms with van der Waals surface area (Å²) in [6.07, 6.45) is 2.21. The molecule has 2 aliphatic heterocycles. The lowest BCUT2D eigenvalue weighted by molar-refractivity contribution is -0.142. The second-order valence-electron chi connectivity index (χ2n) is 5.78. The summed E-state index contributed by atoms with van der Waals surface area (Å²) in [4.78, 5) is 25.3. The Labute approximate surface area is 127 Å². The van der Waals surface area contributed by atoms with Crippen molar-refractivity contribution in [1.82, 2.24) is 4.90 Å². The van der Waals surface area contributed by atoms with Crippen molar-refractivity contribution in [2.75, 3.05) is 5.32 Å². The Balaban J connectivity index is 1.74. The maximum Gasteiger partial charge on any atom is 0.322 e. The highest BCUT2D eigenvalue weighted by molar-refractivity contribution is 6.31. The number of urea groups is 1. The van der Waals surface area contributed by atoms with E-state index in [9.17, 15) is 14.7 Å². The second-order valence-corrected chi connectivity index (χ2v) is 6.19. The van der Waals surface area contributed by atoms with Gasteiger partial charge in [0.1, 0.15) is 0 Å². The van der Waals surface area contributed by atoms with Gasteiger partial charge in [-0.3, -0.25) is 4.79 Å². The summed E-state index contributed by atoms with van der Waals surface area (Å²) in [5.41, 5.74) is 1.58. The molecule has 3 unspecified atom stereocenters. The highest BCUT2D eigenvalue weighted by Crippen LogP contribution is 2.42. The molecule has 2 fully saturated rings. The zero-order valence-electron chi connectivity index (χ0n) is 11.7. The predicted molar refractivity (Wildman–Crippen MR) is 79.6 cm³/mol. The van der Waals surface area contributed by atoms with Crippen LogP contribution in [0, 0.1) is 12.8 Å². The van der Waals surface area contributed by atoms with Gasteiger partial charge in [0, 0.05) is 22.8 Å². The van der Waals surface area contributed by atoms with Crippen LogP contribution < -0.4 is 5.32 Å². The van der Waals surface area contributed by atoms with E-state index >= 15 is 0 Å². The minimum Gasteiger partial charge on any atom is -0.481 e. The van der Waals surface area contributed by atoms with Crippen LogP contribution in [0.25, 0.3) is 0 Å². The molecule has 112 valence electrons. The number of carbonyl (C=O) groups is 2. The van der Waals surface area contributed by atoms with Crippen molar-refractivity contribution in [3.8, 4) is 0 Å². The molecule has 2 aliphatic rings. The van der Waals surface area contributed by atoms with E-state index in [2.05, 4.69) is 5.32 Å². The van der Waals surface area contributed by atoms with Crippen molar-refractivity contribution >= 4 is 29.3 Å². The molecule has 5 nitrogen and oxygen atoms in total. The topological polar surface area (TPSA) is 69.6 Å². The number of hydrogen-bond acceptors (Lipinski definition) is 2. The molecular weight excluding hydrogens is 292 g/mol. The average molecular weight is 309 g/mol. The Bertz CT molecular complexity index is 605. The minimum atomic E-state index is -0.807. The van der Waals surface area contributed by atoms with Crippen molar-refractivity contribution in [1.29, 1.82) is 0 Å². The van der Waals surface area contributed by atoms with E-state index in [4.69, 9.17) is 11.6 Å². The molecule has 1 aromatic carbocycles. The number of carboxylic acids is 1. The van der Waals surface area contributed by atoms with Crippen LogP contribution in [-0.4, -0.2) is 34.1 Å². The molecule has 3 rings (SSSR count). The summed E-state index contributed by atoms with van der Waals surface area (Å²) < 4.78 is 0. The Morgan fingerprint density at radius 3 is 2.76 bits per heavy atom. The van der Waals surface area contributed by atoms with Gasteiger partial charge in [-0.05, 0) is 43.9 Å². The zero-order valence-corrected chi connectivity index (χ0v) is 12.4. The average Bonchev–Trinajstić information content (AvgIpc) is 3.00. The van der Waals surface area contributed by atoms with Gasteiger partial charge in [0.2, 0.25) is 0 Å². The first kappa shape index (κ1) is 14.2. The molecular formula is C15H17ClN2O3. The maximum absolute atomic E-state index is 12.4. The van der Waals surface area contributed by atoms with Gasteiger partial charge < -0.3 is 15.3 Å². The largest absolute Gasteiger partial charge is 0.481 e. The molecule has 2 bridgehead atoms. The number of carbonyl (C=O) groups excluding carboxylic acids is 1. The fourth-order valence-corrected chi connectivity index (χ4v) is 3.61. The lowest BCUT2D eigenvalue weighted by Gasteiger charge is -2.23. The molecule has 0 aromatic heterocycles. The van der Waals surface area contributed by atoms with E-state index in [0.29, 0.717) is 17.1 Å². The van der Waals surface area contributed by atoms with Gasteiger partial charge >= 0.3 is 12.0 Å². The third-order valence-corrected chi connectivity index (χ3v) is 4.92. The number of fused-ring (bicyclic) bond motifs is 2. The number of halogens is 1. The number of benzene rings is 1. The number of nitrogens with zero attached hydrogens (tertiary/aromatic N) is 1. The third-order valence-electron chi connectivity index (χ3n) is 4.51. The Morgan fingerprint density at radius 1 is 1.38 bits per heavy atom. The Hall–Kier alpha value is -1.75. The molecule has 0 aliphatic carbocycles. The fourth-order valence-electron chi connectivity index (χ4n) is 3.43. The molecule has 6 heteroatoms. The minimum absolute atomic E-state index is 0.0389. The Kier molecular flexibility index (Phi) is 3.53. The van der Waals surface area contributed by atoms with Crippen LogP contribution in [0.5, 0.6) is 0 Å². The first-order chi connectivity index (χ1) is 9.97. The SMILES string of the molecule is Cc1ccc(NC(=O)N2C3CCC2C(C(=O)O)C3)cc1Cl. The summed E-state index contributed by atoms with van der Waals surface area (Å²) >= 11 is 6.05. The molecule has 0 spiro atoms. The third kappa shape index (κ3) is 2.46. The van der Waals surface area contributed by atoms with Crippen LogP contribution in [0.15, 0.2) is 18.2 Å². The van der Waals surface area contributed by atoms with E-state index in [1.165, 1.54) is 0 Å². The smallest absolute Gasteiger partial charge is 0.322 e. The van der Waals surface area contributed by atoms with Crippen LogP contribution in [0.3, 0.4) is 0 Å². The van der Waals surface area contributed by atoms with Crippen molar-refractivity contribution in [2.24, 2.45) is 5.92 Å². The molecule has 2 amide bonds. The van der Waals surface area contributed by atoms with Crippen molar-refractivity contribution in [3.63, 3.8) is 0 Å². The second kappa shape index (κ2) is 5.22. The van der Waals surface area contributed by atoms with Gasteiger partial charge in [-0.15, -0.1) is 0 Å². The number of carboxylic acid groups (broad SMARTS) is 1. The number of amides is 2. The van der Waals surface area contributed by atoms with Crippen molar-refractivity contribution in [3.05, 3.63) is 28.8 Å². The molecule has 2 N–H and O–H groups in total. The van der Waals surface area contributed by atoms with Gasteiger partial charge in [0.25, 0.3) is 0 Å². The molecule has 21 heavy (non-hydrogen) atoms. The molecule has 0 radical (unpaired) electrons. The summed E-state index contributed by atoms with van der Waals surface area (Å²) in [5.74, 6) is -1.24. The lowest BCUT2D eigenvalue weighted by atomic mass is 9.89. The number of aliphatic carboxylic acids is 1. The van der Waals surface area contributed by atoms with E-state index in [1.54, 1.807) is 17.0 Å². The quantitative estimate of drug-likeness (QED) is 0.882. The van der Waals surface area contributed by atoms with E-state index in [0.717, 1.165) is 18.4 Å². The highest BCUT2D eigenvalue weighted by Gasteiger charge is 2.51. The number of nitrogens with one attached hydrogen (secondary N) is 1. The maximum atomic E-state index is 12.4. The standard InChI is InChI=1S/C15H17ClN2O3/c1-8-2-3-9(6-12(8)16)17-15(21)18-10-4-5-13(18)11(7-10)14(19)20/h2-3,6,10-11,13H,4-5,7H2,1H3,(H,17,21)(H,19,20). The van der Waals surface area contributed by atoms with E-state index in [-0.39, 0.29) is 18.1 Å². The summed E-state index contributed by atoms with van der Waals surface area (Å²) in [5, 5.41) is 12.6. The molecule has 0 saturated carbocycles. The van der Waals surface area contributed by atoms with Crippen LogP contribution >= 0.6 is 11.6 Å². The normalized spacial score (nSPS) is 27.0. The number of aryl methyl sites for hydroxylation is 1. The van der Waals surface area contributed by atoms with Gasteiger partial charge in [-0.1, -0.05) is 17.7 Å². The molecule has 2 saturated heterocycles. The fraction of sp³-hybridized carbons (Fsp3) is 0.467. The van der Waals surface area contributed by atoms with Gasteiger partial charge in [-0.25, -0.2) is 4.79 Å². The van der Waals surface area contributed by atoms with Gasteiger partial charge in [-0.2, -0.15) is 0 Å². The van der Waals surface area contributed by atoms with Crippen molar-refractivity contribution in [2.45, 2.75) is 38.3 Å².